The van der Waals surface area contributed by atoms with E-state index in [0.29, 0.717) is 19.4 Å². The van der Waals surface area contributed by atoms with Gasteiger partial charge in [-0.05, 0) is 11.8 Å². The normalized spacial score (nSPS) is 11.4. The molecule has 0 aromatic heterocycles. The van der Waals surface area contributed by atoms with Crippen molar-refractivity contribution < 1.29 is 15.0 Å². The molecule has 0 rings (SSSR count). The summed E-state index contributed by atoms with van der Waals surface area (Å²) in [6, 6.07) is 0. The number of nitrogens with one attached hydrogen (secondary N) is 1. The van der Waals surface area contributed by atoms with Crippen LogP contribution in [0.2, 0.25) is 0 Å². The molecule has 0 spiro atoms. The summed E-state index contributed by atoms with van der Waals surface area (Å²) in [5, 5.41) is 20.0. The average Bonchev–Trinajstić information content (AvgIpc) is 2.04. The second kappa shape index (κ2) is 5.94. The van der Waals surface area contributed by atoms with E-state index in [1.807, 2.05) is 13.8 Å². The Labute approximate surface area is 79.0 Å². The van der Waals surface area contributed by atoms with Crippen LogP contribution in [0.4, 0.5) is 0 Å². The van der Waals surface area contributed by atoms with Crippen molar-refractivity contribution in [3.8, 4) is 0 Å². The third kappa shape index (κ3) is 6.54. The molecule has 4 heteroatoms. The summed E-state index contributed by atoms with van der Waals surface area (Å²) in [4.78, 5) is 11.2. The summed E-state index contributed by atoms with van der Waals surface area (Å²) in [6.45, 7) is 4.25. The Bertz CT molecular complexity index is 157. The molecule has 0 unspecified atom stereocenters. The Kier molecular flexibility index (Phi) is 5.66. The minimum absolute atomic E-state index is 0.000417. The molecule has 0 bridgehead atoms. The second-order valence-electron chi connectivity index (χ2n) is 3.93. The lowest BCUT2D eigenvalue weighted by Gasteiger charge is -2.20. The lowest BCUT2D eigenvalue weighted by Crippen LogP contribution is -2.31. The summed E-state index contributed by atoms with van der Waals surface area (Å²) >= 11 is 0. The maximum atomic E-state index is 11.2. The van der Waals surface area contributed by atoms with Crippen LogP contribution in [0.15, 0.2) is 0 Å². The highest BCUT2D eigenvalue weighted by Gasteiger charge is 2.20. The van der Waals surface area contributed by atoms with E-state index in [1.54, 1.807) is 0 Å². The summed E-state index contributed by atoms with van der Waals surface area (Å²) in [6.07, 6.45) is 0.889. The third-order valence-electron chi connectivity index (χ3n) is 1.72. The van der Waals surface area contributed by atoms with Gasteiger partial charge in [-0.1, -0.05) is 13.8 Å². The third-order valence-corrected chi connectivity index (χ3v) is 1.72. The Hall–Kier alpha value is -0.610. The molecule has 1 amide bonds. The highest BCUT2D eigenvalue weighted by atomic mass is 16.3. The molecular weight excluding hydrogens is 170 g/mol. The average molecular weight is 189 g/mol. The largest absolute Gasteiger partial charge is 0.396 e. The fraction of sp³-hybridized carbons (Fsp3) is 0.889. The van der Waals surface area contributed by atoms with E-state index in [2.05, 4.69) is 5.32 Å². The van der Waals surface area contributed by atoms with Crippen molar-refractivity contribution in [1.29, 1.82) is 0 Å². The molecular formula is C9H19NO3. The first-order valence-corrected chi connectivity index (χ1v) is 4.50. The minimum Gasteiger partial charge on any atom is -0.396 e. The van der Waals surface area contributed by atoms with E-state index in [4.69, 9.17) is 10.2 Å². The van der Waals surface area contributed by atoms with E-state index in [1.165, 1.54) is 0 Å². The van der Waals surface area contributed by atoms with Crippen molar-refractivity contribution in [2.75, 3.05) is 19.8 Å². The maximum absolute atomic E-state index is 11.2. The van der Waals surface area contributed by atoms with Gasteiger partial charge in [-0.2, -0.15) is 0 Å². The molecule has 4 nitrogen and oxygen atoms in total. The number of carbonyl (C=O) groups excluding carboxylic acids is 1. The topological polar surface area (TPSA) is 69.6 Å². The Morgan fingerprint density at radius 3 is 2.46 bits per heavy atom. The van der Waals surface area contributed by atoms with Crippen molar-refractivity contribution >= 4 is 5.91 Å². The van der Waals surface area contributed by atoms with Crippen molar-refractivity contribution in [3.63, 3.8) is 0 Å². The van der Waals surface area contributed by atoms with Gasteiger partial charge in [-0.25, -0.2) is 0 Å². The van der Waals surface area contributed by atoms with Gasteiger partial charge in [0.1, 0.15) is 0 Å². The van der Waals surface area contributed by atoms with E-state index >= 15 is 0 Å². The summed E-state index contributed by atoms with van der Waals surface area (Å²) in [5.41, 5.74) is -0.358. The molecule has 0 saturated carbocycles. The van der Waals surface area contributed by atoms with Crippen LogP contribution in [-0.4, -0.2) is 35.9 Å². The van der Waals surface area contributed by atoms with Crippen LogP contribution in [0.1, 0.15) is 26.7 Å². The first-order valence-electron chi connectivity index (χ1n) is 4.50. The van der Waals surface area contributed by atoms with Crippen molar-refractivity contribution in [3.05, 3.63) is 0 Å². The predicted molar refractivity (Wildman–Crippen MR) is 50.2 cm³/mol. The van der Waals surface area contributed by atoms with Gasteiger partial charge < -0.3 is 15.5 Å². The number of aliphatic hydroxyl groups is 2. The number of amides is 1. The van der Waals surface area contributed by atoms with Gasteiger partial charge in [0.05, 0.1) is 0 Å². The quantitative estimate of drug-likeness (QED) is 0.511. The molecule has 0 fully saturated rings. The van der Waals surface area contributed by atoms with E-state index in [9.17, 15) is 4.79 Å². The fourth-order valence-electron chi connectivity index (χ4n) is 0.860. The molecule has 3 N–H and O–H groups in total. The van der Waals surface area contributed by atoms with Crippen molar-refractivity contribution in [2.24, 2.45) is 5.41 Å². The van der Waals surface area contributed by atoms with E-state index < -0.39 is 0 Å². The molecule has 0 radical (unpaired) electrons. The van der Waals surface area contributed by atoms with Gasteiger partial charge in [0.25, 0.3) is 0 Å². The van der Waals surface area contributed by atoms with Crippen LogP contribution in [0.25, 0.3) is 0 Å². The summed E-state index contributed by atoms with van der Waals surface area (Å²) in [7, 11) is 0. The van der Waals surface area contributed by atoms with Crippen LogP contribution in [0.3, 0.4) is 0 Å². The lowest BCUT2D eigenvalue weighted by molar-refractivity contribution is -0.123. The van der Waals surface area contributed by atoms with Gasteiger partial charge in [-0.15, -0.1) is 0 Å². The number of rotatable bonds is 6. The molecule has 0 aliphatic carbocycles. The molecule has 0 aliphatic rings. The number of hydrogen-bond donors (Lipinski definition) is 3. The second-order valence-corrected chi connectivity index (χ2v) is 3.93. The smallest absolute Gasteiger partial charge is 0.220 e. The standard InChI is InChI=1S/C9H19NO3/c1-9(2,7-12)6-8(13)10-4-3-5-11/h11-12H,3-7H2,1-2H3,(H,10,13). The van der Waals surface area contributed by atoms with Crippen molar-refractivity contribution in [1.82, 2.24) is 5.32 Å². The zero-order valence-corrected chi connectivity index (χ0v) is 8.34. The number of aliphatic hydroxyl groups excluding tert-OH is 2. The molecule has 0 aromatic rings. The van der Waals surface area contributed by atoms with Crippen LogP contribution >= 0.6 is 0 Å². The molecule has 0 atom stereocenters. The van der Waals surface area contributed by atoms with Gasteiger partial charge in [0, 0.05) is 26.2 Å². The first-order chi connectivity index (χ1) is 6.02. The Morgan fingerprint density at radius 1 is 1.38 bits per heavy atom. The molecule has 13 heavy (non-hydrogen) atoms. The molecule has 78 valence electrons. The van der Waals surface area contributed by atoms with E-state index in [0.717, 1.165) is 0 Å². The van der Waals surface area contributed by atoms with Gasteiger partial charge in [0.15, 0.2) is 0 Å². The van der Waals surface area contributed by atoms with Gasteiger partial charge in [0.2, 0.25) is 5.91 Å². The first kappa shape index (κ1) is 12.4. The lowest BCUT2D eigenvalue weighted by atomic mass is 9.90. The van der Waals surface area contributed by atoms with E-state index in [-0.39, 0.29) is 24.5 Å². The van der Waals surface area contributed by atoms with Crippen LogP contribution in [-0.2, 0) is 4.79 Å². The molecule has 0 heterocycles. The monoisotopic (exact) mass is 189 g/mol. The Morgan fingerprint density at radius 2 is 2.00 bits per heavy atom. The number of carbonyl (C=O) groups is 1. The van der Waals surface area contributed by atoms with Crippen molar-refractivity contribution in [2.45, 2.75) is 26.7 Å². The minimum atomic E-state index is -0.358. The summed E-state index contributed by atoms with van der Waals surface area (Å²) < 4.78 is 0. The highest BCUT2D eigenvalue weighted by molar-refractivity contribution is 5.76. The highest BCUT2D eigenvalue weighted by Crippen LogP contribution is 2.18. The van der Waals surface area contributed by atoms with Gasteiger partial charge >= 0.3 is 0 Å². The molecule has 0 aliphatic heterocycles. The SMILES string of the molecule is CC(C)(CO)CC(=O)NCCCO. The number of hydrogen-bond acceptors (Lipinski definition) is 3. The predicted octanol–water partition coefficient (Wildman–Crippen LogP) is -0.106. The van der Waals surface area contributed by atoms with Crippen LogP contribution < -0.4 is 5.32 Å². The van der Waals surface area contributed by atoms with Crippen LogP contribution in [0, 0.1) is 5.41 Å². The molecule has 0 aromatic carbocycles. The van der Waals surface area contributed by atoms with Gasteiger partial charge in [-0.3, -0.25) is 4.79 Å². The van der Waals surface area contributed by atoms with Crippen LogP contribution in [0.5, 0.6) is 0 Å². The molecule has 0 saturated heterocycles. The zero-order valence-electron chi connectivity index (χ0n) is 8.34. The summed E-state index contributed by atoms with van der Waals surface area (Å²) in [5.74, 6) is -0.0764. The maximum Gasteiger partial charge on any atom is 0.220 e. The zero-order chi connectivity index (χ0) is 10.3. The fourth-order valence-corrected chi connectivity index (χ4v) is 0.860. The Balaban J connectivity index is 3.62.